The van der Waals surface area contributed by atoms with E-state index in [0.717, 1.165) is 42.5 Å². The Labute approximate surface area is 176 Å². The number of anilines is 1. The van der Waals surface area contributed by atoms with Crippen molar-refractivity contribution in [3.63, 3.8) is 0 Å². The summed E-state index contributed by atoms with van der Waals surface area (Å²) in [5.74, 6) is 0.330. The van der Waals surface area contributed by atoms with Crippen LogP contribution < -0.4 is 16.4 Å². The molecule has 30 heavy (non-hydrogen) atoms. The van der Waals surface area contributed by atoms with Gasteiger partial charge in [0.05, 0.1) is 12.2 Å². The van der Waals surface area contributed by atoms with Crippen LogP contribution in [0.25, 0.3) is 11.1 Å². The van der Waals surface area contributed by atoms with E-state index in [9.17, 15) is 4.79 Å². The van der Waals surface area contributed by atoms with Crippen molar-refractivity contribution < 1.29 is 9.53 Å². The maximum atomic E-state index is 11.8. The third-order valence-electron chi connectivity index (χ3n) is 5.71. The number of benzene rings is 2. The number of carbonyl (C=O) groups excluding carboxylic acids is 1. The normalized spacial score (nSPS) is 18.0. The van der Waals surface area contributed by atoms with E-state index in [1.165, 1.54) is 6.42 Å². The van der Waals surface area contributed by atoms with Crippen molar-refractivity contribution in [3.8, 4) is 11.1 Å². The minimum atomic E-state index is -0.447. The number of hydrogen-bond acceptors (Lipinski definition) is 7. The Morgan fingerprint density at radius 1 is 1.00 bits per heavy atom. The van der Waals surface area contributed by atoms with Gasteiger partial charge in [-0.05, 0) is 68.0 Å². The minimum Gasteiger partial charge on any atom is -0.462 e. The molecule has 7 nitrogen and oxygen atoms in total. The second kappa shape index (κ2) is 8.18. The summed E-state index contributed by atoms with van der Waals surface area (Å²) in [4.78, 5) is 22.8. The first-order valence-electron chi connectivity index (χ1n) is 10.4. The molecule has 7 heteroatoms. The van der Waals surface area contributed by atoms with Crippen LogP contribution in [-0.2, 0) is 4.74 Å². The molecular weight excluding hydrogens is 378 g/mol. The van der Waals surface area contributed by atoms with Crippen LogP contribution in [-0.4, -0.2) is 30.2 Å². The molecule has 0 radical (unpaired) electrons. The number of aliphatic imine (C=N–C) groups is 2. The standard InChI is InChI=1S/C23H27N5O2/c1-2-30-20(29)18-8-6-16(7-9-18)17-10-12-19(13-11-17)28-22(25)26-21(24)27-23(28)14-4-3-5-15-23/h6-13H,2-5,14-15H2,1H3,(H4,24,25,26,27). The molecule has 0 bridgehead atoms. The number of guanidine groups is 2. The van der Waals surface area contributed by atoms with Gasteiger partial charge in [0, 0.05) is 5.69 Å². The fourth-order valence-electron chi connectivity index (χ4n) is 4.31. The van der Waals surface area contributed by atoms with E-state index in [1.54, 1.807) is 19.1 Å². The largest absolute Gasteiger partial charge is 0.462 e. The summed E-state index contributed by atoms with van der Waals surface area (Å²) in [6.07, 6.45) is 5.18. The van der Waals surface area contributed by atoms with Crippen LogP contribution in [0, 0.1) is 0 Å². The minimum absolute atomic E-state index is 0.254. The molecule has 1 heterocycles. The van der Waals surface area contributed by atoms with Crippen LogP contribution in [0.15, 0.2) is 58.5 Å². The number of nitrogens with zero attached hydrogens (tertiary/aromatic N) is 3. The Morgan fingerprint density at radius 3 is 2.20 bits per heavy atom. The highest BCUT2D eigenvalue weighted by Gasteiger charge is 2.42. The fraction of sp³-hybridized carbons (Fsp3) is 0.348. The quantitative estimate of drug-likeness (QED) is 0.755. The van der Waals surface area contributed by atoms with Gasteiger partial charge in [0.1, 0.15) is 5.66 Å². The maximum absolute atomic E-state index is 11.8. The molecule has 0 atom stereocenters. The van der Waals surface area contributed by atoms with Crippen LogP contribution in [0.2, 0.25) is 0 Å². The van der Waals surface area contributed by atoms with Crippen LogP contribution in [0.3, 0.4) is 0 Å². The predicted octanol–water partition coefficient (Wildman–Crippen LogP) is 3.64. The van der Waals surface area contributed by atoms with E-state index in [2.05, 4.69) is 4.99 Å². The van der Waals surface area contributed by atoms with Crippen LogP contribution >= 0.6 is 0 Å². The predicted molar refractivity (Wildman–Crippen MR) is 119 cm³/mol. The number of esters is 1. The molecular formula is C23H27N5O2. The molecule has 156 valence electrons. The molecule has 1 aliphatic carbocycles. The highest BCUT2D eigenvalue weighted by molar-refractivity contribution is 6.05. The van der Waals surface area contributed by atoms with Gasteiger partial charge in [0.25, 0.3) is 0 Å². The summed E-state index contributed by atoms with van der Waals surface area (Å²) >= 11 is 0. The Bertz CT molecular complexity index is 974. The number of nitrogens with two attached hydrogens (primary N) is 2. The van der Waals surface area contributed by atoms with Crippen molar-refractivity contribution in [2.75, 3.05) is 11.5 Å². The lowest BCUT2D eigenvalue weighted by atomic mass is 9.87. The zero-order valence-electron chi connectivity index (χ0n) is 17.2. The van der Waals surface area contributed by atoms with E-state index in [1.807, 2.05) is 41.3 Å². The number of carbonyl (C=O) groups is 1. The Morgan fingerprint density at radius 2 is 1.60 bits per heavy atom. The van der Waals surface area contributed by atoms with E-state index >= 15 is 0 Å². The lowest BCUT2D eigenvalue weighted by Crippen LogP contribution is -2.58. The monoisotopic (exact) mass is 405 g/mol. The smallest absolute Gasteiger partial charge is 0.338 e. The van der Waals surface area contributed by atoms with Crippen molar-refractivity contribution in [2.45, 2.75) is 44.7 Å². The van der Waals surface area contributed by atoms with E-state index in [4.69, 9.17) is 21.2 Å². The zero-order valence-corrected chi connectivity index (χ0v) is 17.2. The molecule has 2 aromatic rings. The summed E-state index contributed by atoms with van der Waals surface area (Å²) < 4.78 is 5.04. The van der Waals surface area contributed by atoms with Crippen molar-refractivity contribution in [1.29, 1.82) is 0 Å². The van der Waals surface area contributed by atoms with Crippen molar-refractivity contribution in [1.82, 2.24) is 0 Å². The van der Waals surface area contributed by atoms with Gasteiger partial charge >= 0.3 is 5.97 Å². The number of hydrogen-bond donors (Lipinski definition) is 2. The van der Waals surface area contributed by atoms with E-state index in [-0.39, 0.29) is 11.9 Å². The summed E-state index contributed by atoms with van der Waals surface area (Å²) in [5, 5.41) is 0. The molecule has 0 unspecified atom stereocenters. The second-order valence-corrected chi connectivity index (χ2v) is 7.66. The number of rotatable bonds is 4. The Balaban J connectivity index is 1.60. The van der Waals surface area contributed by atoms with Gasteiger partial charge in [-0.15, -0.1) is 0 Å². The van der Waals surface area contributed by atoms with Crippen molar-refractivity contribution in [3.05, 3.63) is 54.1 Å². The van der Waals surface area contributed by atoms with E-state index in [0.29, 0.717) is 18.1 Å². The van der Waals surface area contributed by atoms with Crippen molar-refractivity contribution in [2.24, 2.45) is 21.5 Å². The first kappa shape index (κ1) is 19.9. The lowest BCUT2D eigenvalue weighted by Gasteiger charge is -2.45. The number of ether oxygens (including phenoxy) is 1. The van der Waals surface area contributed by atoms with Gasteiger partial charge in [0.15, 0.2) is 0 Å². The molecule has 0 amide bonds. The molecule has 1 aliphatic heterocycles. The second-order valence-electron chi connectivity index (χ2n) is 7.66. The molecule has 1 fully saturated rings. The molecule has 1 saturated carbocycles. The molecule has 0 aromatic heterocycles. The Kier molecular flexibility index (Phi) is 5.44. The van der Waals surface area contributed by atoms with Crippen LogP contribution in [0.1, 0.15) is 49.4 Å². The Hall–Kier alpha value is -3.35. The average Bonchev–Trinajstić information content (AvgIpc) is 2.74. The zero-order chi connectivity index (χ0) is 21.1. The molecule has 1 spiro atoms. The molecule has 2 aromatic carbocycles. The molecule has 2 aliphatic rings. The van der Waals surface area contributed by atoms with Gasteiger partial charge in [-0.3, -0.25) is 4.90 Å². The van der Waals surface area contributed by atoms with Gasteiger partial charge < -0.3 is 16.2 Å². The highest BCUT2D eigenvalue weighted by Crippen LogP contribution is 2.39. The first-order chi connectivity index (χ1) is 14.5. The van der Waals surface area contributed by atoms with Gasteiger partial charge in [-0.25, -0.2) is 9.79 Å². The molecule has 0 saturated heterocycles. The summed E-state index contributed by atoms with van der Waals surface area (Å²) in [6.45, 7) is 2.16. The first-order valence-corrected chi connectivity index (χ1v) is 10.4. The molecule has 4 N–H and O–H groups in total. The third-order valence-corrected chi connectivity index (χ3v) is 5.71. The van der Waals surface area contributed by atoms with Gasteiger partial charge in [-0.2, -0.15) is 4.99 Å². The summed E-state index contributed by atoms with van der Waals surface area (Å²) in [5.41, 5.74) is 15.3. The average molecular weight is 406 g/mol. The highest BCUT2D eigenvalue weighted by atomic mass is 16.5. The fourth-order valence-corrected chi connectivity index (χ4v) is 4.31. The van der Waals surface area contributed by atoms with Gasteiger partial charge in [-0.1, -0.05) is 30.7 Å². The maximum Gasteiger partial charge on any atom is 0.338 e. The summed E-state index contributed by atoms with van der Waals surface area (Å²) in [7, 11) is 0. The van der Waals surface area contributed by atoms with Crippen LogP contribution in [0.4, 0.5) is 5.69 Å². The van der Waals surface area contributed by atoms with Crippen LogP contribution in [0.5, 0.6) is 0 Å². The third kappa shape index (κ3) is 3.75. The topological polar surface area (TPSA) is 106 Å². The summed E-state index contributed by atoms with van der Waals surface area (Å²) in [6, 6.07) is 15.6. The van der Waals surface area contributed by atoms with E-state index < -0.39 is 5.66 Å². The molecule has 4 rings (SSSR count). The van der Waals surface area contributed by atoms with Crippen molar-refractivity contribution >= 4 is 23.6 Å². The van der Waals surface area contributed by atoms with Gasteiger partial charge in [0.2, 0.25) is 11.9 Å². The lowest BCUT2D eigenvalue weighted by molar-refractivity contribution is 0.0526. The SMILES string of the molecule is CCOC(=O)c1ccc(-c2ccc(N3C(N)=NC(N)=NC34CCCCC4)cc2)cc1.